The van der Waals surface area contributed by atoms with E-state index in [2.05, 4.69) is 47.0 Å². The van der Waals surface area contributed by atoms with Gasteiger partial charge in [-0.05, 0) is 106 Å². The summed E-state index contributed by atoms with van der Waals surface area (Å²) in [6.45, 7) is 6.77. The number of aryl methyl sites for hydroxylation is 2. The summed E-state index contributed by atoms with van der Waals surface area (Å²) in [5.74, 6) is -0.577. The second kappa shape index (κ2) is 13.4. The summed E-state index contributed by atoms with van der Waals surface area (Å²) in [5.41, 5.74) is 7.51. The summed E-state index contributed by atoms with van der Waals surface area (Å²) in [6, 6.07) is 31.2. The predicted molar refractivity (Wildman–Crippen MR) is 184 cm³/mol. The second-order valence-electron chi connectivity index (χ2n) is 13.2. The number of halogens is 1. The van der Waals surface area contributed by atoms with Gasteiger partial charge in [-0.25, -0.2) is 14.0 Å². The predicted octanol–water partition coefficient (Wildman–Crippen LogP) is 9.12. The van der Waals surface area contributed by atoms with Gasteiger partial charge in [0.15, 0.2) is 0 Å². The molecule has 7 heteroatoms. The highest BCUT2D eigenvalue weighted by Gasteiger charge is 2.33. The molecule has 1 saturated heterocycles. The van der Waals surface area contributed by atoms with Crippen molar-refractivity contribution in [2.75, 3.05) is 20.2 Å². The van der Waals surface area contributed by atoms with Crippen LogP contribution < -0.4 is 0 Å². The van der Waals surface area contributed by atoms with Crippen LogP contribution in [-0.4, -0.2) is 47.3 Å². The highest BCUT2D eigenvalue weighted by Crippen LogP contribution is 2.45. The van der Waals surface area contributed by atoms with Crippen molar-refractivity contribution in [3.8, 4) is 16.8 Å². The third-order valence-corrected chi connectivity index (χ3v) is 8.86. The first-order valence-corrected chi connectivity index (χ1v) is 16.3. The molecular formula is C40H41FN2O4. The van der Waals surface area contributed by atoms with E-state index in [1.165, 1.54) is 30.4 Å². The molecule has 1 amide bonds. The van der Waals surface area contributed by atoms with Crippen molar-refractivity contribution in [1.82, 2.24) is 9.47 Å². The topological polar surface area (TPSA) is 60.8 Å². The Balaban J connectivity index is 1.52. The van der Waals surface area contributed by atoms with Gasteiger partial charge in [-0.15, -0.1) is 0 Å². The molecule has 6 rings (SSSR count). The number of esters is 1. The van der Waals surface area contributed by atoms with Crippen LogP contribution in [0.4, 0.5) is 9.18 Å². The lowest BCUT2D eigenvalue weighted by atomic mass is 9.87. The van der Waals surface area contributed by atoms with E-state index in [4.69, 9.17) is 9.47 Å². The molecule has 6 nitrogen and oxygen atoms in total. The van der Waals surface area contributed by atoms with Gasteiger partial charge in [0.25, 0.3) is 0 Å². The van der Waals surface area contributed by atoms with Crippen LogP contribution in [0.25, 0.3) is 27.7 Å². The minimum atomic E-state index is -0.567. The second-order valence-corrected chi connectivity index (χ2v) is 13.2. The smallest absolute Gasteiger partial charge is 0.410 e. The average Bonchev–Trinajstić information content (AvgIpc) is 3.43. The van der Waals surface area contributed by atoms with Gasteiger partial charge >= 0.3 is 12.1 Å². The SMILES string of the molecule is COC(=O)c1ccc(-c2c(C3CCN(C(=O)OC(C)(C)C)CC3)n(-c3ccc(F)cc3)c3cccc(CCc4ccccc4)c23)cc1. The molecule has 1 fully saturated rings. The van der Waals surface area contributed by atoms with E-state index in [1.807, 2.05) is 63.2 Å². The van der Waals surface area contributed by atoms with Crippen molar-refractivity contribution >= 4 is 23.0 Å². The molecular weight excluding hydrogens is 591 g/mol. The van der Waals surface area contributed by atoms with Gasteiger partial charge in [-0.3, -0.25) is 0 Å². The molecule has 1 aliphatic heterocycles. The number of benzene rings is 4. The quantitative estimate of drug-likeness (QED) is 0.168. The molecule has 0 saturated carbocycles. The summed E-state index contributed by atoms with van der Waals surface area (Å²) < 4.78 is 27.2. The Hall–Kier alpha value is -4.91. The van der Waals surface area contributed by atoms with Gasteiger partial charge in [0, 0.05) is 41.3 Å². The van der Waals surface area contributed by atoms with Crippen molar-refractivity contribution in [2.45, 2.75) is 58.0 Å². The lowest BCUT2D eigenvalue weighted by Gasteiger charge is -2.34. The van der Waals surface area contributed by atoms with E-state index >= 15 is 0 Å². The molecule has 0 atom stereocenters. The van der Waals surface area contributed by atoms with Crippen LogP contribution in [0.5, 0.6) is 0 Å². The van der Waals surface area contributed by atoms with Crippen LogP contribution in [-0.2, 0) is 22.3 Å². The summed E-state index contributed by atoms with van der Waals surface area (Å²) in [6.07, 6.45) is 2.90. The largest absolute Gasteiger partial charge is 0.465 e. The van der Waals surface area contributed by atoms with Crippen LogP contribution in [0.3, 0.4) is 0 Å². The lowest BCUT2D eigenvalue weighted by Crippen LogP contribution is -2.41. The first-order chi connectivity index (χ1) is 22.6. The maximum Gasteiger partial charge on any atom is 0.410 e. The van der Waals surface area contributed by atoms with Gasteiger partial charge < -0.3 is 18.9 Å². The summed E-state index contributed by atoms with van der Waals surface area (Å²) >= 11 is 0. The van der Waals surface area contributed by atoms with Crippen LogP contribution in [0.1, 0.15) is 66.7 Å². The van der Waals surface area contributed by atoms with E-state index < -0.39 is 5.60 Å². The molecule has 242 valence electrons. The highest BCUT2D eigenvalue weighted by atomic mass is 19.1. The monoisotopic (exact) mass is 632 g/mol. The third-order valence-electron chi connectivity index (χ3n) is 8.86. The molecule has 0 spiro atoms. The minimum Gasteiger partial charge on any atom is -0.465 e. The molecule has 0 bridgehead atoms. The number of methoxy groups -OCH3 is 1. The number of fused-ring (bicyclic) bond motifs is 1. The standard InChI is InChI=1S/C40H41FN2O4/c1-40(2,3)47-39(45)42-25-23-30(24-26-42)37-36(29-15-17-31(18-16-29)38(44)46-4)35-28(14-13-27-9-6-5-7-10-27)11-8-12-34(35)43(37)33-21-19-32(41)20-22-33/h5-12,15-22,30H,13-14,23-26H2,1-4H3. The Bertz CT molecular complexity index is 1860. The molecule has 0 radical (unpaired) electrons. The number of aromatic nitrogens is 1. The number of hydrogen-bond donors (Lipinski definition) is 0. The van der Waals surface area contributed by atoms with E-state index in [1.54, 1.807) is 4.90 Å². The van der Waals surface area contributed by atoms with Crippen molar-refractivity contribution in [3.63, 3.8) is 0 Å². The summed E-state index contributed by atoms with van der Waals surface area (Å²) in [7, 11) is 1.38. The lowest BCUT2D eigenvalue weighted by molar-refractivity contribution is 0.0203. The number of carbonyl (C=O) groups excluding carboxylic acids is 2. The van der Waals surface area contributed by atoms with Crippen LogP contribution in [0, 0.1) is 5.82 Å². The number of amides is 1. The molecule has 0 N–H and O–H groups in total. The zero-order valence-corrected chi connectivity index (χ0v) is 27.5. The molecule has 0 aliphatic carbocycles. The van der Waals surface area contributed by atoms with Gasteiger partial charge in [0.2, 0.25) is 0 Å². The number of nitrogens with zero attached hydrogens (tertiary/aromatic N) is 2. The summed E-state index contributed by atoms with van der Waals surface area (Å²) in [4.78, 5) is 27.1. The average molecular weight is 633 g/mol. The molecule has 4 aromatic carbocycles. The first-order valence-electron chi connectivity index (χ1n) is 16.3. The van der Waals surface area contributed by atoms with Crippen molar-refractivity contribution in [1.29, 1.82) is 0 Å². The molecule has 2 heterocycles. The normalized spacial score (nSPS) is 13.9. The molecule has 1 aliphatic rings. The fraction of sp³-hybridized carbons (Fsp3) is 0.300. The van der Waals surface area contributed by atoms with Crippen LogP contribution in [0.2, 0.25) is 0 Å². The fourth-order valence-corrected chi connectivity index (χ4v) is 6.66. The van der Waals surface area contributed by atoms with Gasteiger partial charge in [0.05, 0.1) is 18.2 Å². The molecule has 47 heavy (non-hydrogen) atoms. The highest BCUT2D eigenvalue weighted by molar-refractivity contribution is 6.02. The Morgan fingerprint density at radius 2 is 1.51 bits per heavy atom. The number of piperidine rings is 1. The number of carbonyl (C=O) groups is 2. The zero-order valence-electron chi connectivity index (χ0n) is 27.5. The van der Waals surface area contributed by atoms with Gasteiger partial charge in [-0.2, -0.15) is 0 Å². The van der Waals surface area contributed by atoms with Crippen molar-refractivity contribution in [3.05, 3.63) is 125 Å². The Morgan fingerprint density at radius 3 is 2.15 bits per heavy atom. The van der Waals surface area contributed by atoms with E-state index in [0.717, 1.165) is 59.1 Å². The van der Waals surface area contributed by atoms with E-state index in [-0.39, 0.29) is 23.8 Å². The van der Waals surface area contributed by atoms with Crippen molar-refractivity contribution in [2.24, 2.45) is 0 Å². The van der Waals surface area contributed by atoms with E-state index in [0.29, 0.717) is 18.7 Å². The number of likely N-dealkylation sites (tertiary alicyclic amines) is 1. The molecule has 0 unspecified atom stereocenters. The maximum absolute atomic E-state index is 14.2. The third kappa shape index (κ3) is 6.94. The summed E-state index contributed by atoms with van der Waals surface area (Å²) in [5, 5.41) is 1.14. The Kier molecular flexibility index (Phi) is 9.17. The number of rotatable bonds is 7. The number of hydrogen-bond acceptors (Lipinski definition) is 4. The van der Waals surface area contributed by atoms with Crippen LogP contribution >= 0.6 is 0 Å². The molecule has 5 aromatic rings. The van der Waals surface area contributed by atoms with Crippen LogP contribution in [0.15, 0.2) is 97.1 Å². The fourth-order valence-electron chi connectivity index (χ4n) is 6.66. The Morgan fingerprint density at radius 1 is 0.830 bits per heavy atom. The number of ether oxygens (including phenoxy) is 2. The maximum atomic E-state index is 14.2. The van der Waals surface area contributed by atoms with E-state index in [9.17, 15) is 14.0 Å². The minimum absolute atomic E-state index is 0.100. The zero-order chi connectivity index (χ0) is 33.1. The van der Waals surface area contributed by atoms with Gasteiger partial charge in [0.1, 0.15) is 11.4 Å². The molecule has 1 aromatic heterocycles. The van der Waals surface area contributed by atoms with Crippen molar-refractivity contribution < 1.29 is 23.5 Å². The first kappa shape index (κ1) is 32.0. The Labute approximate surface area is 275 Å². The van der Waals surface area contributed by atoms with Gasteiger partial charge in [-0.1, -0.05) is 54.6 Å².